The highest BCUT2D eigenvalue weighted by atomic mass is 35.5. The van der Waals surface area contributed by atoms with Crippen LogP contribution in [-0.4, -0.2) is 71.4 Å². The summed E-state index contributed by atoms with van der Waals surface area (Å²) in [4.78, 5) is 29.3. The Morgan fingerprint density at radius 2 is 1.79 bits per heavy atom. The zero-order valence-corrected chi connectivity index (χ0v) is 26.3. The molecule has 11 nitrogen and oxygen atoms in total. The van der Waals surface area contributed by atoms with Gasteiger partial charge in [0.1, 0.15) is 41.9 Å². The molecule has 48 heavy (non-hydrogen) atoms. The van der Waals surface area contributed by atoms with Gasteiger partial charge >= 0.3 is 12.7 Å². The third-order valence-corrected chi connectivity index (χ3v) is 8.05. The summed E-state index contributed by atoms with van der Waals surface area (Å²) in [5.74, 6) is 0.543. The Hall–Kier alpha value is -5.08. The molecule has 0 bridgehead atoms. The zero-order valence-electron chi connectivity index (χ0n) is 25.5. The maximum absolute atomic E-state index is 15.6. The third kappa shape index (κ3) is 6.94. The molecule has 250 valence electrons. The van der Waals surface area contributed by atoms with Gasteiger partial charge in [0.05, 0.1) is 17.9 Å². The maximum atomic E-state index is 15.6. The molecule has 5 heterocycles. The molecule has 0 atom stereocenters. The van der Waals surface area contributed by atoms with E-state index in [4.69, 9.17) is 14.2 Å². The lowest BCUT2D eigenvalue weighted by molar-refractivity contribution is -0.0504. The Morgan fingerprint density at radius 3 is 2.54 bits per heavy atom. The van der Waals surface area contributed by atoms with E-state index in [0.29, 0.717) is 58.7 Å². The molecule has 2 aliphatic rings. The number of halogens is 4. The Labute approximate surface area is 279 Å². The molecular formula is C33H31ClF3N7O4. The zero-order chi connectivity index (χ0) is 32.3. The van der Waals surface area contributed by atoms with E-state index in [9.17, 15) is 13.6 Å². The molecule has 15 heteroatoms. The van der Waals surface area contributed by atoms with Crippen molar-refractivity contribution in [1.29, 1.82) is 0 Å². The number of rotatable bonds is 10. The minimum atomic E-state index is -3.01. The molecule has 7 rings (SSSR count). The van der Waals surface area contributed by atoms with Crippen LogP contribution in [0.15, 0.2) is 73.2 Å². The summed E-state index contributed by atoms with van der Waals surface area (Å²) in [5, 5.41) is 3.29. The second kappa shape index (κ2) is 14.4. The number of alkyl halides is 2. The lowest BCUT2D eigenvalue weighted by Gasteiger charge is -2.27. The van der Waals surface area contributed by atoms with Crippen LogP contribution in [0.1, 0.15) is 17.0 Å². The predicted octanol–water partition coefficient (Wildman–Crippen LogP) is 5.49. The Kier molecular flexibility index (Phi) is 9.82. The first kappa shape index (κ1) is 32.8. The minimum Gasteiger partial charge on any atom is -0.487 e. The molecule has 3 aromatic heterocycles. The number of para-hydroxylation sites is 1. The van der Waals surface area contributed by atoms with E-state index < -0.39 is 18.5 Å². The first-order chi connectivity index (χ1) is 22.9. The number of carbonyl (C=O) groups excluding carboxylic acids is 1. The number of carbonyl (C=O) groups is 1. The standard InChI is InChI=1S/C33H30F3N7O4.ClH/c34-26-16-30-40-27(20-46-24-6-3-5-23(15-24)42-12-13-45-33(42)44)28(14-21-4-1-2-7-29(21)47-31(35)36)43(30)19-25(26)22-17-38-32(39-18-22)41-10-8-37-9-11-41;/h1-7,15-19,31,37H,8-14,20H2;1H. The fourth-order valence-electron chi connectivity index (χ4n) is 5.73. The molecule has 2 saturated heterocycles. The van der Waals surface area contributed by atoms with Crippen molar-refractivity contribution in [3.63, 3.8) is 0 Å². The van der Waals surface area contributed by atoms with Crippen LogP contribution in [0, 0.1) is 5.82 Å². The summed E-state index contributed by atoms with van der Waals surface area (Å²) in [7, 11) is 0. The average Bonchev–Trinajstić information content (AvgIpc) is 3.67. The molecule has 0 unspecified atom stereocenters. The van der Waals surface area contributed by atoms with Crippen LogP contribution in [-0.2, 0) is 17.8 Å². The molecule has 0 aliphatic carbocycles. The number of aromatic nitrogens is 4. The number of cyclic esters (lactones) is 1. The summed E-state index contributed by atoms with van der Waals surface area (Å²) in [6, 6.07) is 14.8. The number of anilines is 2. The lowest BCUT2D eigenvalue weighted by Crippen LogP contribution is -2.44. The number of ether oxygens (including phenoxy) is 3. The summed E-state index contributed by atoms with van der Waals surface area (Å²) >= 11 is 0. The SMILES string of the molecule is Cl.O=C1OCCN1c1cccc(OCc2nc3cc(F)c(-c4cnc(N5CCNCC5)nc4)cn3c2Cc2ccccc2OC(F)F)c1. The van der Waals surface area contributed by atoms with Gasteiger partial charge in [-0.25, -0.2) is 24.1 Å². The van der Waals surface area contributed by atoms with Gasteiger partial charge in [0.25, 0.3) is 0 Å². The number of hydrogen-bond donors (Lipinski definition) is 1. The number of nitrogens with zero attached hydrogens (tertiary/aromatic N) is 6. The molecular weight excluding hydrogens is 651 g/mol. The van der Waals surface area contributed by atoms with Crippen LogP contribution in [0.5, 0.6) is 11.5 Å². The number of pyridine rings is 1. The van der Waals surface area contributed by atoms with Gasteiger partial charge in [0.2, 0.25) is 5.95 Å². The van der Waals surface area contributed by atoms with E-state index in [-0.39, 0.29) is 36.7 Å². The topological polar surface area (TPSA) is 106 Å². The van der Waals surface area contributed by atoms with Crippen LogP contribution in [0.25, 0.3) is 16.8 Å². The largest absolute Gasteiger partial charge is 0.487 e. The van der Waals surface area contributed by atoms with Crippen molar-refractivity contribution in [2.45, 2.75) is 19.6 Å². The quantitative estimate of drug-likeness (QED) is 0.205. The summed E-state index contributed by atoms with van der Waals surface area (Å²) in [6.45, 7) is 0.899. The number of fused-ring (bicyclic) bond motifs is 1. The molecule has 2 aromatic carbocycles. The van der Waals surface area contributed by atoms with Crippen molar-refractivity contribution in [3.05, 3.63) is 96.0 Å². The second-order valence-corrected chi connectivity index (χ2v) is 11.0. The number of piperazine rings is 1. The van der Waals surface area contributed by atoms with Crippen LogP contribution < -0.4 is 24.6 Å². The van der Waals surface area contributed by atoms with E-state index in [1.165, 1.54) is 17.0 Å². The second-order valence-electron chi connectivity index (χ2n) is 11.0. The van der Waals surface area contributed by atoms with E-state index in [2.05, 4.69) is 25.2 Å². The fraction of sp³-hybridized carbons (Fsp3) is 0.273. The Morgan fingerprint density at radius 1 is 1.00 bits per heavy atom. The van der Waals surface area contributed by atoms with Gasteiger partial charge in [0.15, 0.2) is 0 Å². The van der Waals surface area contributed by atoms with Crippen LogP contribution in [0.3, 0.4) is 0 Å². The number of amides is 1. The summed E-state index contributed by atoms with van der Waals surface area (Å²) in [6.07, 6.45) is 4.48. The van der Waals surface area contributed by atoms with Gasteiger partial charge in [0, 0.05) is 80.0 Å². The number of hydrogen-bond acceptors (Lipinski definition) is 9. The van der Waals surface area contributed by atoms with Crippen molar-refractivity contribution >= 4 is 35.8 Å². The highest BCUT2D eigenvalue weighted by Crippen LogP contribution is 2.30. The molecule has 5 aromatic rings. The van der Waals surface area contributed by atoms with Gasteiger partial charge in [-0.3, -0.25) is 4.90 Å². The fourth-order valence-corrected chi connectivity index (χ4v) is 5.73. The lowest BCUT2D eigenvalue weighted by atomic mass is 10.1. The number of imidazole rings is 1. The van der Waals surface area contributed by atoms with E-state index in [1.807, 2.05) is 0 Å². The van der Waals surface area contributed by atoms with Crippen molar-refractivity contribution in [2.75, 3.05) is 49.1 Å². The van der Waals surface area contributed by atoms with Crippen molar-refractivity contribution in [1.82, 2.24) is 24.7 Å². The maximum Gasteiger partial charge on any atom is 0.414 e. The van der Waals surface area contributed by atoms with E-state index in [1.54, 1.807) is 65.5 Å². The Balaban J connectivity index is 0.00000401. The normalized spacial score (nSPS) is 14.7. The molecule has 1 N–H and O–H groups in total. The van der Waals surface area contributed by atoms with Crippen LogP contribution >= 0.6 is 12.4 Å². The molecule has 0 saturated carbocycles. The van der Waals surface area contributed by atoms with Gasteiger partial charge in [-0.2, -0.15) is 8.78 Å². The molecule has 0 spiro atoms. The summed E-state index contributed by atoms with van der Waals surface area (Å²) < 4.78 is 59.8. The molecule has 1 amide bonds. The van der Waals surface area contributed by atoms with Crippen molar-refractivity contribution in [3.8, 4) is 22.6 Å². The first-order valence-electron chi connectivity index (χ1n) is 15.1. The highest BCUT2D eigenvalue weighted by molar-refractivity contribution is 5.89. The average molecular weight is 682 g/mol. The minimum absolute atomic E-state index is 0. The van der Waals surface area contributed by atoms with Crippen LogP contribution in [0.4, 0.5) is 29.6 Å². The third-order valence-electron chi connectivity index (χ3n) is 8.05. The highest BCUT2D eigenvalue weighted by Gasteiger charge is 2.24. The van der Waals surface area contributed by atoms with Gasteiger partial charge in [-0.1, -0.05) is 24.3 Å². The van der Waals surface area contributed by atoms with Crippen molar-refractivity contribution < 1.29 is 32.2 Å². The molecule has 2 aliphatic heterocycles. The molecule has 0 radical (unpaired) electrons. The van der Waals surface area contributed by atoms with Gasteiger partial charge in [-0.15, -0.1) is 12.4 Å². The van der Waals surface area contributed by atoms with E-state index in [0.717, 1.165) is 26.2 Å². The smallest absolute Gasteiger partial charge is 0.414 e. The van der Waals surface area contributed by atoms with Crippen LogP contribution in [0.2, 0.25) is 0 Å². The predicted molar refractivity (Wildman–Crippen MR) is 174 cm³/mol. The number of nitrogens with one attached hydrogen (secondary N) is 1. The summed E-state index contributed by atoms with van der Waals surface area (Å²) in [5.41, 5.74) is 3.18. The van der Waals surface area contributed by atoms with Gasteiger partial charge < -0.3 is 28.8 Å². The Bertz CT molecular complexity index is 1900. The first-order valence-corrected chi connectivity index (χ1v) is 15.1. The van der Waals surface area contributed by atoms with E-state index >= 15 is 4.39 Å². The monoisotopic (exact) mass is 681 g/mol. The van der Waals surface area contributed by atoms with Gasteiger partial charge in [-0.05, 0) is 18.2 Å². The number of benzene rings is 2. The molecule has 2 fully saturated rings. The van der Waals surface area contributed by atoms with Crippen molar-refractivity contribution in [2.24, 2.45) is 0 Å².